The van der Waals surface area contributed by atoms with Gasteiger partial charge in [0.25, 0.3) is 0 Å². The number of hydrogen-bond acceptors (Lipinski definition) is 0. The third-order valence-corrected chi connectivity index (χ3v) is 10.4. The van der Waals surface area contributed by atoms with Crippen molar-refractivity contribution in [2.24, 2.45) is 0 Å². The quantitative estimate of drug-likeness (QED) is 0.155. The van der Waals surface area contributed by atoms with Crippen molar-refractivity contribution in [1.82, 2.24) is 0 Å². The minimum Gasteiger partial charge on any atom is -0.226 e. The molecule has 3 heteroatoms. The van der Waals surface area contributed by atoms with Crippen molar-refractivity contribution in [3.63, 3.8) is 0 Å². The van der Waals surface area contributed by atoms with E-state index in [2.05, 4.69) is 277 Å². The van der Waals surface area contributed by atoms with Gasteiger partial charge < -0.3 is 0 Å². The molecule has 0 atom stereocenters. The Kier molecular flexibility index (Phi) is 85.8. The van der Waals surface area contributed by atoms with E-state index in [0.717, 1.165) is 44.5 Å². The molecule has 0 spiro atoms. The van der Waals surface area contributed by atoms with Gasteiger partial charge in [0.15, 0.2) is 0 Å². The van der Waals surface area contributed by atoms with Crippen molar-refractivity contribution >= 4 is 0 Å². The minimum atomic E-state index is 0. The topological polar surface area (TPSA) is 0 Å². The van der Waals surface area contributed by atoms with Crippen LogP contribution in [0.2, 0.25) is 0 Å². The van der Waals surface area contributed by atoms with Crippen LogP contribution in [0.5, 0.6) is 0 Å². The second-order valence-corrected chi connectivity index (χ2v) is 17.0. The second kappa shape index (κ2) is 73.0. The first kappa shape index (κ1) is 102. The standard InChI is InChI=1S/3C14H12.3C8H10.9C2H6.3Y/c1-11-3-7-13(8-4-11)14-9-5-12(2)6-10-14;2*1-11-5-3-7-13(9-11)14-8-4-6-12(2)10-14;1-7-3-5-8(2)6-4-7;1-7-4-3-5-8(2)6-7;1-7-5-3-4-6-8(7)2;9*1-2;;;/h3-7,9H,1-2H3;3-6,9-10H,1-2H3;3-8H,1-2H3;3*3-6H,1-2H3;9*1-2H3;;;/q3*-2;;;;;;;;;;;;;;;. The summed E-state index contributed by atoms with van der Waals surface area (Å²) in [6, 6.07) is 81.9. The van der Waals surface area contributed by atoms with Crippen LogP contribution in [0, 0.1) is 119 Å². The maximum atomic E-state index is 3.32. The zero-order chi connectivity index (χ0) is 65.8. The zero-order valence-corrected chi connectivity index (χ0v) is 69.6. The zero-order valence-electron chi connectivity index (χ0n) is 61.1. The van der Waals surface area contributed by atoms with E-state index in [0.29, 0.717) is 0 Å². The van der Waals surface area contributed by atoms with E-state index in [9.17, 15) is 0 Å². The predicted molar refractivity (Wildman–Crippen MR) is 387 cm³/mol. The van der Waals surface area contributed by atoms with Crippen LogP contribution < -0.4 is 0 Å². The van der Waals surface area contributed by atoms with E-state index >= 15 is 0 Å². The molecule has 0 nitrogen and oxygen atoms in total. The van der Waals surface area contributed by atoms with Crippen LogP contribution in [-0.2, 0) is 98.1 Å². The van der Waals surface area contributed by atoms with Gasteiger partial charge in [-0.25, -0.2) is 33.4 Å². The van der Waals surface area contributed by atoms with Gasteiger partial charge in [0.2, 0.25) is 0 Å². The van der Waals surface area contributed by atoms with Crippen LogP contribution >= 0.6 is 0 Å². The van der Waals surface area contributed by atoms with Gasteiger partial charge in [-0.3, -0.25) is 0 Å². The Morgan fingerprint density at radius 3 is 0.713 bits per heavy atom. The summed E-state index contributed by atoms with van der Waals surface area (Å²) in [7, 11) is 0. The Balaban J connectivity index is -0.000000114. The molecule has 9 aromatic carbocycles. The monoisotopic (exact) mass is 1400 g/mol. The SMILES string of the molecule is CC.CC.CC.CC.CC.CC.CC.CC.CC.Cc1[c-]c(-c2[c-]c(C)ccc2)ccc1.Cc1c[c-]c(-c2[c-]cc(C)cc2)cc1.Cc1cc[c-]c(-c2[c-]ccc(C)c2)c1.Cc1ccc(C)cc1.Cc1cccc(C)c1.Cc1ccccc1C.[Y].[Y].[Y]. The third-order valence-electron chi connectivity index (χ3n) is 10.4. The van der Waals surface area contributed by atoms with Crippen LogP contribution in [0.3, 0.4) is 0 Å². The van der Waals surface area contributed by atoms with Crippen molar-refractivity contribution in [1.29, 1.82) is 0 Å². The first-order valence-corrected chi connectivity index (χ1v) is 31.7. The average Bonchev–Trinajstić information content (AvgIpc) is 3.58. The molecule has 87 heavy (non-hydrogen) atoms. The summed E-state index contributed by atoms with van der Waals surface area (Å²) < 4.78 is 0. The molecule has 3 radical (unpaired) electrons. The smallest absolute Gasteiger partial charge is 0 e. The molecule has 9 aromatic rings. The number of rotatable bonds is 3. The molecule has 0 saturated carbocycles. The summed E-state index contributed by atoms with van der Waals surface area (Å²) in [6.45, 7) is 61.1. The van der Waals surface area contributed by atoms with Gasteiger partial charge in [-0.2, -0.15) is 121 Å². The van der Waals surface area contributed by atoms with Gasteiger partial charge in [0.05, 0.1) is 0 Å². The molecule has 0 N–H and O–H groups in total. The molecular weight excluding hydrogens is 1280 g/mol. The van der Waals surface area contributed by atoms with E-state index in [-0.39, 0.29) is 98.1 Å². The summed E-state index contributed by atoms with van der Waals surface area (Å²) >= 11 is 0. The van der Waals surface area contributed by atoms with Crippen LogP contribution in [0.4, 0.5) is 0 Å². The molecule has 0 aliphatic heterocycles. The third kappa shape index (κ3) is 53.8. The second-order valence-electron chi connectivity index (χ2n) is 17.0. The molecule has 0 aliphatic rings. The normalized spacial score (nSPS) is 8.07. The van der Waals surface area contributed by atoms with Crippen molar-refractivity contribution in [2.45, 2.75) is 208 Å². The van der Waals surface area contributed by atoms with E-state index < -0.39 is 0 Å². The van der Waals surface area contributed by atoms with Crippen molar-refractivity contribution in [2.75, 3.05) is 0 Å². The Morgan fingerprint density at radius 1 is 0.207 bits per heavy atom. The molecule has 0 amide bonds. The van der Waals surface area contributed by atoms with Gasteiger partial charge in [0.1, 0.15) is 0 Å². The largest absolute Gasteiger partial charge is 0.226 e. The molecular formula is C84H120Y3-6. The summed E-state index contributed by atoms with van der Waals surface area (Å²) in [6.07, 6.45) is 0. The van der Waals surface area contributed by atoms with Crippen molar-refractivity contribution < 1.29 is 98.1 Å². The van der Waals surface area contributed by atoms with Gasteiger partial charge in [-0.15, -0.1) is 57.6 Å². The molecule has 0 aliphatic carbocycles. The van der Waals surface area contributed by atoms with Crippen LogP contribution in [-0.4, -0.2) is 0 Å². The summed E-state index contributed by atoms with van der Waals surface area (Å²) in [5.41, 5.74) is 22.1. The van der Waals surface area contributed by atoms with Crippen LogP contribution in [0.1, 0.15) is 191 Å². The molecule has 0 bridgehead atoms. The first-order valence-electron chi connectivity index (χ1n) is 31.7. The predicted octanol–water partition coefficient (Wildman–Crippen LogP) is 26.9. The number of hydrogen-bond donors (Lipinski definition) is 0. The van der Waals surface area contributed by atoms with Crippen LogP contribution in [0.25, 0.3) is 33.4 Å². The van der Waals surface area contributed by atoms with Crippen molar-refractivity contribution in [3.8, 4) is 33.4 Å². The van der Waals surface area contributed by atoms with E-state index in [4.69, 9.17) is 0 Å². The maximum absolute atomic E-state index is 3.32. The molecule has 9 rings (SSSR count). The van der Waals surface area contributed by atoms with Gasteiger partial charge in [-0.05, 0) is 52.7 Å². The Labute approximate surface area is 617 Å². The Hall–Kier alpha value is -3.71. The Morgan fingerprint density at radius 2 is 0.483 bits per heavy atom. The van der Waals surface area contributed by atoms with Crippen LogP contribution in [0.15, 0.2) is 182 Å². The van der Waals surface area contributed by atoms with E-state index in [1.165, 1.54) is 55.6 Å². The van der Waals surface area contributed by atoms with Gasteiger partial charge in [0, 0.05) is 98.1 Å². The minimum absolute atomic E-state index is 0. The molecule has 0 heterocycles. The number of benzene rings is 9. The summed E-state index contributed by atoms with van der Waals surface area (Å²) in [5, 5.41) is 0. The van der Waals surface area contributed by atoms with Gasteiger partial charge >= 0.3 is 0 Å². The van der Waals surface area contributed by atoms with Gasteiger partial charge in [-0.1, -0.05) is 261 Å². The molecule has 0 unspecified atom stereocenters. The van der Waals surface area contributed by atoms with Crippen molar-refractivity contribution in [3.05, 3.63) is 285 Å². The Bertz CT molecular complexity index is 2530. The fraction of sp³-hybridized carbons (Fsp3) is 0.357. The summed E-state index contributed by atoms with van der Waals surface area (Å²) in [5.74, 6) is 0. The number of aryl methyl sites for hydroxylation is 12. The fourth-order valence-electron chi connectivity index (χ4n) is 6.40. The first-order chi connectivity index (χ1) is 40.6. The summed E-state index contributed by atoms with van der Waals surface area (Å²) in [4.78, 5) is 0. The van der Waals surface area contributed by atoms with E-state index in [1.54, 1.807) is 0 Å². The molecule has 0 aromatic heterocycles. The molecule has 0 saturated heterocycles. The molecule has 471 valence electrons. The molecule has 0 fully saturated rings. The van der Waals surface area contributed by atoms with E-state index in [1.807, 2.05) is 149 Å². The average molecular weight is 1400 g/mol. The fourth-order valence-corrected chi connectivity index (χ4v) is 6.40. The maximum Gasteiger partial charge on any atom is 0 e.